The Kier molecular flexibility index (Phi) is 5.95. The van der Waals surface area contributed by atoms with E-state index in [1.165, 1.54) is 18.2 Å². The molecule has 3 aromatic carbocycles. The van der Waals surface area contributed by atoms with Crippen LogP contribution in [0.15, 0.2) is 66.7 Å². The molecule has 3 aromatic rings. The number of rotatable bonds is 6. The van der Waals surface area contributed by atoms with Crippen molar-refractivity contribution in [2.24, 2.45) is 0 Å². The number of nitro benzene ring substituents is 1. The van der Waals surface area contributed by atoms with Crippen LogP contribution in [-0.2, 0) is 0 Å². The van der Waals surface area contributed by atoms with Crippen molar-refractivity contribution in [2.75, 3.05) is 6.61 Å². The summed E-state index contributed by atoms with van der Waals surface area (Å²) in [7, 11) is 0. The van der Waals surface area contributed by atoms with Gasteiger partial charge in [0.2, 0.25) is 5.75 Å². The van der Waals surface area contributed by atoms with E-state index in [-0.39, 0.29) is 23.6 Å². The summed E-state index contributed by atoms with van der Waals surface area (Å²) in [6, 6.07) is 16.1. The highest BCUT2D eigenvalue weighted by molar-refractivity contribution is 6.03. The van der Waals surface area contributed by atoms with E-state index in [1.54, 1.807) is 49.4 Å². The molecule has 0 spiro atoms. The molecule has 0 radical (unpaired) electrons. The fraction of sp³-hybridized carbons (Fsp3) is 0.125. The molecule has 0 aliphatic carbocycles. The summed E-state index contributed by atoms with van der Waals surface area (Å²) in [6.45, 7) is 1.84. The second-order valence-electron chi connectivity index (χ2n) is 7.24. The first-order chi connectivity index (χ1) is 15.9. The van der Waals surface area contributed by atoms with E-state index in [0.29, 0.717) is 16.7 Å². The van der Waals surface area contributed by atoms with E-state index in [1.807, 2.05) is 6.07 Å². The number of benzene rings is 3. The molecule has 1 unspecified atom stereocenters. The molecule has 0 saturated heterocycles. The molecular formula is C24H20FN3O5. The molecule has 2 amide bonds. The lowest BCUT2D eigenvalue weighted by Gasteiger charge is -2.31. The number of carbonyl (C=O) groups excluding carboxylic acids is 1. The van der Waals surface area contributed by atoms with Crippen molar-refractivity contribution in [3.63, 3.8) is 0 Å². The molecule has 0 fully saturated rings. The zero-order chi connectivity index (χ0) is 23.5. The molecule has 0 bridgehead atoms. The zero-order valence-electron chi connectivity index (χ0n) is 17.5. The maximum absolute atomic E-state index is 14.8. The fourth-order valence-corrected chi connectivity index (χ4v) is 3.80. The highest BCUT2D eigenvalue weighted by Crippen LogP contribution is 2.44. The van der Waals surface area contributed by atoms with Gasteiger partial charge in [-0.15, -0.1) is 0 Å². The van der Waals surface area contributed by atoms with Gasteiger partial charge in [0.25, 0.3) is 0 Å². The standard InChI is InChI=1S/C24H20FN3O5/c1-2-33-19-13-15(12-18(23(19)29)28(31)32)21-20(14-8-4-3-5-9-14)22(27-24(30)26-21)16-10-6-7-11-17(16)25/h3-13,21,29H,2H2,1H3,(H2,26,27,30). The van der Waals surface area contributed by atoms with E-state index >= 15 is 0 Å². The van der Waals surface area contributed by atoms with Crippen LogP contribution in [0, 0.1) is 15.9 Å². The monoisotopic (exact) mass is 449 g/mol. The van der Waals surface area contributed by atoms with Crippen molar-refractivity contribution >= 4 is 23.0 Å². The van der Waals surface area contributed by atoms with Gasteiger partial charge in [0.05, 0.1) is 23.3 Å². The van der Waals surface area contributed by atoms with E-state index in [0.717, 1.165) is 0 Å². The third kappa shape index (κ3) is 4.20. The first kappa shape index (κ1) is 21.8. The van der Waals surface area contributed by atoms with Crippen LogP contribution >= 0.6 is 0 Å². The Morgan fingerprint density at radius 3 is 2.48 bits per heavy atom. The Morgan fingerprint density at radius 2 is 1.82 bits per heavy atom. The van der Waals surface area contributed by atoms with Crippen molar-refractivity contribution in [2.45, 2.75) is 13.0 Å². The van der Waals surface area contributed by atoms with Crippen LogP contribution in [-0.4, -0.2) is 22.7 Å². The number of phenolic OH excluding ortho intramolecular Hbond substituents is 1. The molecule has 3 N–H and O–H groups in total. The van der Waals surface area contributed by atoms with Gasteiger partial charge in [0.15, 0.2) is 5.75 Å². The van der Waals surface area contributed by atoms with Gasteiger partial charge < -0.3 is 20.5 Å². The molecule has 8 nitrogen and oxygen atoms in total. The number of ether oxygens (including phenoxy) is 1. The van der Waals surface area contributed by atoms with Gasteiger partial charge in [-0.1, -0.05) is 42.5 Å². The Bertz CT molecular complexity index is 1260. The Hall–Kier alpha value is -4.40. The van der Waals surface area contributed by atoms with Crippen LogP contribution in [0.5, 0.6) is 11.5 Å². The number of nitro groups is 1. The number of halogens is 1. The molecule has 1 atom stereocenters. The van der Waals surface area contributed by atoms with E-state index in [2.05, 4.69) is 10.6 Å². The van der Waals surface area contributed by atoms with Gasteiger partial charge in [-0.25, -0.2) is 9.18 Å². The minimum absolute atomic E-state index is 0.0886. The van der Waals surface area contributed by atoms with E-state index in [9.17, 15) is 24.4 Å². The van der Waals surface area contributed by atoms with Crippen LogP contribution in [0.2, 0.25) is 0 Å². The number of carbonyl (C=O) groups is 1. The van der Waals surface area contributed by atoms with Gasteiger partial charge in [-0.05, 0) is 36.2 Å². The van der Waals surface area contributed by atoms with Crippen molar-refractivity contribution < 1.29 is 24.0 Å². The minimum Gasteiger partial charge on any atom is -0.500 e. The minimum atomic E-state index is -0.894. The molecule has 1 aliphatic heterocycles. The number of hydrogen-bond donors (Lipinski definition) is 3. The van der Waals surface area contributed by atoms with Gasteiger partial charge in [-0.2, -0.15) is 0 Å². The number of aromatic hydroxyl groups is 1. The quantitative estimate of drug-likeness (QED) is 0.371. The molecule has 9 heteroatoms. The summed E-state index contributed by atoms with van der Waals surface area (Å²) in [5.41, 5.74) is 1.31. The molecule has 33 heavy (non-hydrogen) atoms. The predicted molar refractivity (Wildman–Crippen MR) is 120 cm³/mol. The topological polar surface area (TPSA) is 114 Å². The molecule has 1 heterocycles. The predicted octanol–water partition coefficient (Wildman–Crippen LogP) is 4.76. The first-order valence-electron chi connectivity index (χ1n) is 10.2. The van der Waals surface area contributed by atoms with Gasteiger partial charge in [0.1, 0.15) is 5.82 Å². The molecule has 1 aliphatic rings. The Labute approximate surface area is 188 Å². The highest BCUT2D eigenvalue weighted by atomic mass is 19.1. The highest BCUT2D eigenvalue weighted by Gasteiger charge is 2.33. The van der Waals surface area contributed by atoms with Crippen LogP contribution in [0.25, 0.3) is 11.3 Å². The van der Waals surface area contributed by atoms with Crippen LogP contribution in [0.1, 0.15) is 29.7 Å². The summed E-state index contributed by atoms with van der Waals surface area (Å²) >= 11 is 0. The number of amides is 2. The molecule has 0 saturated carbocycles. The largest absolute Gasteiger partial charge is 0.500 e. The average molecular weight is 449 g/mol. The zero-order valence-corrected chi connectivity index (χ0v) is 17.5. The second kappa shape index (κ2) is 8.99. The van der Waals surface area contributed by atoms with Crippen molar-refractivity contribution in [1.29, 1.82) is 0 Å². The number of phenols is 1. The summed E-state index contributed by atoms with van der Waals surface area (Å²) in [4.78, 5) is 23.5. The molecular weight excluding hydrogens is 429 g/mol. The summed E-state index contributed by atoms with van der Waals surface area (Å²) in [5.74, 6) is -1.23. The lowest BCUT2D eigenvalue weighted by atomic mass is 9.87. The van der Waals surface area contributed by atoms with Crippen molar-refractivity contribution in [3.8, 4) is 11.5 Å². The molecule has 0 aromatic heterocycles. The molecule has 4 rings (SSSR count). The second-order valence-corrected chi connectivity index (χ2v) is 7.24. The summed E-state index contributed by atoms with van der Waals surface area (Å²) < 4.78 is 20.2. The summed E-state index contributed by atoms with van der Waals surface area (Å²) in [6.07, 6.45) is 0. The SMILES string of the molecule is CCOc1cc(C2NC(=O)NC(c3ccccc3F)=C2c2ccccc2)cc([N+](=O)[O-])c1O. The normalized spacial score (nSPS) is 15.6. The van der Waals surface area contributed by atoms with Crippen LogP contribution in [0.3, 0.4) is 0 Å². The van der Waals surface area contributed by atoms with E-state index in [4.69, 9.17) is 4.74 Å². The van der Waals surface area contributed by atoms with E-state index < -0.39 is 34.3 Å². The fourth-order valence-electron chi connectivity index (χ4n) is 3.80. The lowest BCUT2D eigenvalue weighted by Crippen LogP contribution is -2.43. The van der Waals surface area contributed by atoms with Crippen LogP contribution < -0.4 is 15.4 Å². The number of nitrogens with zero attached hydrogens (tertiary/aromatic N) is 1. The third-order valence-corrected chi connectivity index (χ3v) is 5.21. The number of hydrogen-bond acceptors (Lipinski definition) is 5. The maximum Gasteiger partial charge on any atom is 0.320 e. The van der Waals surface area contributed by atoms with Crippen molar-refractivity contribution in [1.82, 2.24) is 10.6 Å². The molecule has 168 valence electrons. The van der Waals surface area contributed by atoms with Crippen LogP contribution in [0.4, 0.5) is 14.9 Å². The first-order valence-corrected chi connectivity index (χ1v) is 10.2. The maximum atomic E-state index is 14.8. The van der Waals surface area contributed by atoms with Gasteiger partial charge in [-0.3, -0.25) is 10.1 Å². The van der Waals surface area contributed by atoms with Gasteiger partial charge >= 0.3 is 11.7 Å². The number of nitrogens with one attached hydrogen (secondary N) is 2. The average Bonchev–Trinajstić information content (AvgIpc) is 2.80. The Balaban J connectivity index is 2.01. The smallest absolute Gasteiger partial charge is 0.320 e. The third-order valence-electron chi connectivity index (χ3n) is 5.21. The lowest BCUT2D eigenvalue weighted by molar-refractivity contribution is -0.386. The summed E-state index contributed by atoms with van der Waals surface area (Å²) in [5, 5.41) is 27.3. The van der Waals surface area contributed by atoms with Crippen molar-refractivity contribution in [3.05, 3.63) is 99.4 Å². The number of urea groups is 1. The Morgan fingerprint density at radius 1 is 1.12 bits per heavy atom. The van der Waals surface area contributed by atoms with Gasteiger partial charge in [0, 0.05) is 17.2 Å².